The predicted molar refractivity (Wildman–Crippen MR) is 99.4 cm³/mol. The van der Waals surface area contributed by atoms with Crippen LogP contribution in [0.4, 0.5) is 0 Å². The van der Waals surface area contributed by atoms with Crippen LogP contribution in [0.15, 0.2) is 46.6 Å². The molecule has 1 amide bonds. The van der Waals surface area contributed by atoms with Crippen LogP contribution < -0.4 is 5.56 Å². The van der Waals surface area contributed by atoms with Crippen LogP contribution in [0.3, 0.4) is 0 Å². The van der Waals surface area contributed by atoms with Crippen LogP contribution >= 0.6 is 11.3 Å². The maximum Gasteiger partial charge on any atom is 0.274 e. The van der Waals surface area contributed by atoms with E-state index in [1.807, 2.05) is 45.2 Å². The fourth-order valence-corrected chi connectivity index (χ4v) is 4.91. The van der Waals surface area contributed by atoms with E-state index in [9.17, 15) is 9.59 Å². The van der Waals surface area contributed by atoms with Gasteiger partial charge in [-0.25, -0.2) is 0 Å². The Morgan fingerprint density at radius 3 is 2.96 bits per heavy atom. The number of fused-ring (bicyclic) bond motifs is 4. The van der Waals surface area contributed by atoms with Crippen LogP contribution in [0.25, 0.3) is 10.6 Å². The van der Waals surface area contributed by atoms with E-state index in [-0.39, 0.29) is 17.4 Å². The van der Waals surface area contributed by atoms with Gasteiger partial charge in [0, 0.05) is 37.3 Å². The van der Waals surface area contributed by atoms with Gasteiger partial charge < -0.3 is 9.47 Å². The quantitative estimate of drug-likeness (QED) is 0.758. The highest BCUT2D eigenvalue weighted by Gasteiger charge is 2.36. The summed E-state index contributed by atoms with van der Waals surface area (Å²) in [7, 11) is 0. The topological polar surface area (TPSA) is 71.0 Å². The smallest absolute Gasteiger partial charge is 0.274 e. The molecule has 1 saturated heterocycles. The molecular formula is C19H18N4O2S. The minimum Gasteiger partial charge on any atom is -0.336 e. The number of likely N-dealkylation sites (tertiary alicyclic amines) is 1. The van der Waals surface area contributed by atoms with Crippen molar-refractivity contribution in [1.29, 1.82) is 0 Å². The number of amides is 1. The molecule has 2 aliphatic rings. The van der Waals surface area contributed by atoms with Crippen molar-refractivity contribution in [3.63, 3.8) is 0 Å². The van der Waals surface area contributed by atoms with Crippen LogP contribution in [0, 0.1) is 5.92 Å². The van der Waals surface area contributed by atoms with Crippen LogP contribution in [-0.2, 0) is 6.54 Å². The fourth-order valence-electron chi connectivity index (χ4n) is 4.21. The maximum absolute atomic E-state index is 13.0. The molecule has 0 saturated carbocycles. The average molecular weight is 366 g/mol. The van der Waals surface area contributed by atoms with Crippen LogP contribution in [0.1, 0.15) is 28.5 Å². The molecule has 2 atom stereocenters. The number of piperidine rings is 1. The number of H-pyrrole nitrogens is 1. The molecule has 0 aromatic carbocycles. The first-order chi connectivity index (χ1) is 12.7. The Balaban J connectivity index is 1.41. The summed E-state index contributed by atoms with van der Waals surface area (Å²) in [6.45, 7) is 2.01. The van der Waals surface area contributed by atoms with E-state index in [0.717, 1.165) is 22.7 Å². The summed E-state index contributed by atoms with van der Waals surface area (Å²) < 4.78 is 1.88. The van der Waals surface area contributed by atoms with Gasteiger partial charge in [0.25, 0.3) is 11.5 Å². The summed E-state index contributed by atoms with van der Waals surface area (Å²) in [6, 6.07) is 11.3. The Morgan fingerprint density at radius 2 is 2.12 bits per heavy atom. The second kappa shape index (κ2) is 5.95. The number of pyridine rings is 1. The molecule has 3 aromatic rings. The highest BCUT2D eigenvalue weighted by molar-refractivity contribution is 7.13. The van der Waals surface area contributed by atoms with E-state index in [4.69, 9.17) is 0 Å². The van der Waals surface area contributed by atoms with Gasteiger partial charge in [-0.2, -0.15) is 5.10 Å². The first kappa shape index (κ1) is 15.6. The number of carbonyl (C=O) groups excluding carboxylic acids is 1. The van der Waals surface area contributed by atoms with E-state index in [0.29, 0.717) is 31.2 Å². The number of aromatic nitrogens is 3. The van der Waals surface area contributed by atoms with Gasteiger partial charge in [-0.3, -0.25) is 14.7 Å². The second-order valence-corrected chi connectivity index (χ2v) is 8.00. The van der Waals surface area contributed by atoms with Crippen molar-refractivity contribution < 1.29 is 4.79 Å². The van der Waals surface area contributed by atoms with Crippen molar-refractivity contribution in [3.05, 3.63) is 63.5 Å². The molecule has 1 N–H and O–H groups in total. The van der Waals surface area contributed by atoms with Gasteiger partial charge in [0.2, 0.25) is 0 Å². The number of nitrogens with zero attached hydrogens (tertiary/aromatic N) is 3. The standard InChI is InChI=1S/C19H18N4O2S/c24-18-5-1-3-16-13-7-12(10-23(16)18)9-22(11-13)19(25)15-8-14(20-21-15)17-4-2-6-26-17/h1-6,8,12-13H,7,9-11H2,(H,20,21)/t12-,13+/m1/s1. The van der Waals surface area contributed by atoms with Crippen molar-refractivity contribution in [2.75, 3.05) is 13.1 Å². The molecule has 7 heteroatoms. The van der Waals surface area contributed by atoms with Crippen molar-refractivity contribution >= 4 is 17.2 Å². The predicted octanol–water partition coefficient (Wildman–Crippen LogP) is 2.56. The summed E-state index contributed by atoms with van der Waals surface area (Å²) in [5, 5.41) is 9.21. The van der Waals surface area contributed by atoms with Crippen LogP contribution in [0.5, 0.6) is 0 Å². The molecule has 0 spiro atoms. The van der Waals surface area contributed by atoms with E-state index in [2.05, 4.69) is 10.2 Å². The highest BCUT2D eigenvalue weighted by Crippen LogP contribution is 2.35. The SMILES string of the molecule is O=C(c1cc(-c2cccs2)[nH]n1)N1C[C@H]2C[C@@H](C1)c1cccc(=O)n1C2. The number of nitrogens with one attached hydrogen (secondary N) is 1. The fraction of sp³-hybridized carbons (Fsp3) is 0.316. The Kier molecular flexibility index (Phi) is 3.56. The molecule has 2 aliphatic heterocycles. The number of hydrogen-bond acceptors (Lipinski definition) is 4. The van der Waals surface area contributed by atoms with E-state index >= 15 is 0 Å². The van der Waals surface area contributed by atoms with Crippen molar-refractivity contribution in [2.24, 2.45) is 5.92 Å². The highest BCUT2D eigenvalue weighted by atomic mass is 32.1. The number of aromatic amines is 1. The third-order valence-corrected chi connectivity index (χ3v) is 6.25. The van der Waals surface area contributed by atoms with Gasteiger partial charge in [0.1, 0.15) is 0 Å². The molecule has 6 nitrogen and oxygen atoms in total. The first-order valence-corrected chi connectivity index (χ1v) is 9.65. The molecule has 5 rings (SSSR count). The number of rotatable bonds is 2. The summed E-state index contributed by atoms with van der Waals surface area (Å²) >= 11 is 1.62. The molecule has 0 radical (unpaired) electrons. The van der Waals surface area contributed by atoms with Crippen molar-refractivity contribution in [2.45, 2.75) is 18.9 Å². The lowest BCUT2D eigenvalue weighted by molar-refractivity contribution is 0.0588. The normalized spacial score (nSPS) is 21.5. The largest absolute Gasteiger partial charge is 0.336 e. The van der Waals surface area contributed by atoms with E-state index in [1.165, 1.54) is 0 Å². The molecule has 2 bridgehead atoms. The number of thiophene rings is 1. The van der Waals surface area contributed by atoms with Gasteiger partial charge in [-0.15, -0.1) is 11.3 Å². The van der Waals surface area contributed by atoms with E-state index in [1.54, 1.807) is 17.4 Å². The molecular weight excluding hydrogens is 348 g/mol. The van der Waals surface area contributed by atoms with Gasteiger partial charge >= 0.3 is 0 Å². The van der Waals surface area contributed by atoms with Gasteiger partial charge in [-0.1, -0.05) is 12.1 Å². The lowest BCUT2D eigenvalue weighted by Gasteiger charge is -2.42. The molecule has 26 heavy (non-hydrogen) atoms. The van der Waals surface area contributed by atoms with Gasteiger partial charge in [0.15, 0.2) is 5.69 Å². The summed E-state index contributed by atoms with van der Waals surface area (Å²) in [6.07, 6.45) is 1.04. The zero-order valence-corrected chi connectivity index (χ0v) is 14.9. The number of hydrogen-bond donors (Lipinski definition) is 1. The average Bonchev–Trinajstić information content (AvgIpc) is 3.33. The van der Waals surface area contributed by atoms with Gasteiger partial charge in [-0.05, 0) is 35.9 Å². The Bertz CT molecular complexity index is 1020. The molecule has 5 heterocycles. The lowest BCUT2D eigenvalue weighted by atomic mass is 9.83. The Hall–Kier alpha value is -2.67. The zero-order valence-electron chi connectivity index (χ0n) is 14.1. The minimum atomic E-state index is -0.0366. The molecule has 1 fully saturated rings. The Morgan fingerprint density at radius 1 is 1.19 bits per heavy atom. The lowest BCUT2D eigenvalue weighted by Crippen LogP contribution is -2.49. The molecule has 0 unspecified atom stereocenters. The third-order valence-electron chi connectivity index (χ3n) is 5.35. The van der Waals surface area contributed by atoms with Crippen LogP contribution in [-0.4, -0.2) is 38.7 Å². The Labute approximate surface area is 154 Å². The molecule has 132 valence electrons. The summed E-state index contributed by atoms with van der Waals surface area (Å²) in [5.74, 6) is 0.502. The summed E-state index contributed by atoms with van der Waals surface area (Å²) in [4.78, 5) is 28.1. The zero-order chi connectivity index (χ0) is 17.7. The molecule has 0 aliphatic carbocycles. The van der Waals surface area contributed by atoms with Gasteiger partial charge in [0.05, 0.1) is 10.6 Å². The minimum absolute atomic E-state index is 0.0366. The second-order valence-electron chi connectivity index (χ2n) is 7.05. The third kappa shape index (κ3) is 2.50. The maximum atomic E-state index is 13.0. The monoisotopic (exact) mass is 366 g/mol. The van der Waals surface area contributed by atoms with Crippen molar-refractivity contribution in [1.82, 2.24) is 19.7 Å². The van der Waals surface area contributed by atoms with Crippen LogP contribution in [0.2, 0.25) is 0 Å². The molecule has 3 aromatic heterocycles. The van der Waals surface area contributed by atoms with Crippen molar-refractivity contribution in [3.8, 4) is 10.6 Å². The van der Waals surface area contributed by atoms with E-state index < -0.39 is 0 Å². The number of carbonyl (C=O) groups is 1. The summed E-state index contributed by atoms with van der Waals surface area (Å²) in [5.41, 5.74) is 2.44. The first-order valence-electron chi connectivity index (χ1n) is 8.77.